The van der Waals surface area contributed by atoms with Crippen LogP contribution < -0.4 is 0 Å². The molecule has 0 aliphatic rings. The number of rotatable bonds is 3. The Kier molecular flexibility index (Phi) is 5.01. The number of carboxylic acid groups (broad SMARTS) is 2. The molecule has 0 atom stereocenters. The van der Waals surface area contributed by atoms with Crippen molar-refractivity contribution in [2.75, 3.05) is 0 Å². The van der Waals surface area contributed by atoms with E-state index in [0.717, 1.165) is 0 Å². The van der Waals surface area contributed by atoms with Gasteiger partial charge in [0.25, 0.3) is 0 Å². The molecule has 0 radical (unpaired) electrons. The van der Waals surface area contributed by atoms with Gasteiger partial charge in [0.1, 0.15) is 0 Å². The first-order valence-corrected chi connectivity index (χ1v) is 5.26. The fraction of sp³-hybridized carbons (Fsp3) is 0. The zero-order valence-electron chi connectivity index (χ0n) is 9.74. The molecule has 0 saturated heterocycles. The van der Waals surface area contributed by atoms with Gasteiger partial charge < -0.3 is 10.2 Å². The molecule has 0 heterocycles. The Bertz CT molecular complexity index is 608. The molecule has 0 spiro atoms. The number of carbonyl (C=O) groups is 2. The molecule has 2 rings (SSSR count). The molecular weight excluding hydrogens is 416 g/mol. The van der Waals surface area contributed by atoms with Gasteiger partial charge in [-0.15, -0.1) is 0 Å². The van der Waals surface area contributed by atoms with E-state index in [0.29, 0.717) is 11.1 Å². The zero-order valence-corrected chi connectivity index (χ0v) is 12.7. The fourth-order valence-electron chi connectivity index (χ4n) is 1.82. The van der Waals surface area contributed by atoms with Gasteiger partial charge in [0, 0.05) is 21.1 Å². The van der Waals surface area contributed by atoms with E-state index in [9.17, 15) is 14.7 Å². The number of hydrogen-bond acceptors (Lipinski definition) is 2. The average molecular weight is 426 g/mol. The second kappa shape index (κ2) is 6.30. The Morgan fingerprint density at radius 3 is 1.95 bits per heavy atom. The van der Waals surface area contributed by atoms with E-state index in [1.165, 1.54) is 12.1 Å². The minimum absolute atomic E-state index is 0. The quantitative estimate of drug-likeness (QED) is 0.792. The Labute approximate surface area is 124 Å². The molecule has 0 unspecified atom stereocenters. The molecule has 0 aliphatic carbocycles. The molecule has 2 aromatic carbocycles. The standard InChI is InChI=1S/C14H10O4.W/c15-13(16)11-8-4-7-10(12(11)14(17)18)9-5-2-1-3-6-9;/h1-8H,(H,15,16)(H,17,18);. The minimum Gasteiger partial charge on any atom is -0.478 e. The SMILES string of the molecule is O=C(O)c1cccc(-c2ccccc2)c1C(=O)O.[W]. The van der Waals surface area contributed by atoms with Crippen LogP contribution in [0, 0.1) is 0 Å². The first-order chi connectivity index (χ1) is 8.61. The third-order valence-electron chi connectivity index (χ3n) is 2.59. The number of aromatic carboxylic acids is 2. The molecule has 0 fully saturated rings. The summed E-state index contributed by atoms with van der Waals surface area (Å²) in [6.07, 6.45) is 0. The second-order valence-electron chi connectivity index (χ2n) is 3.70. The third kappa shape index (κ3) is 3.09. The summed E-state index contributed by atoms with van der Waals surface area (Å²) in [4.78, 5) is 22.3. The second-order valence-corrected chi connectivity index (χ2v) is 3.70. The van der Waals surface area contributed by atoms with Gasteiger partial charge in [0.05, 0.1) is 11.1 Å². The van der Waals surface area contributed by atoms with Crippen LogP contribution in [0.2, 0.25) is 0 Å². The Hall–Kier alpha value is -1.93. The van der Waals surface area contributed by atoms with Crippen LogP contribution in [0.1, 0.15) is 20.7 Å². The molecule has 96 valence electrons. The molecule has 2 N–H and O–H groups in total. The largest absolute Gasteiger partial charge is 0.478 e. The molecular formula is C14H10O4W. The summed E-state index contributed by atoms with van der Waals surface area (Å²) in [6, 6.07) is 13.3. The summed E-state index contributed by atoms with van der Waals surface area (Å²) >= 11 is 0. The van der Waals surface area contributed by atoms with E-state index in [4.69, 9.17) is 5.11 Å². The van der Waals surface area contributed by atoms with Crippen molar-refractivity contribution in [1.29, 1.82) is 0 Å². The zero-order chi connectivity index (χ0) is 13.1. The van der Waals surface area contributed by atoms with Crippen molar-refractivity contribution in [2.24, 2.45) is 0 Å². The molecule has 0 bridgehead atoms. The predicted molar refractivity (Wildman–Crippen MR) is 65.8 cm³/mol. The Morgan fingerprint density at radius 2 is 1.42 bits per heavy atom. The molecule has 0 aromatic heterocycles. The maximum atomic E-state index is 11.3. The molecule has 19 heavy (non-hydrogen) atoms. The fourth-order valence-corrected chi connectivity index (χ4v) is 1.82. The first-order valence-electron chi connectivity index (χ1n) is 5.26. The Morgan fingerprint density at radius 1 is 0.789 bits per heavy atom. The molecule has 0 amide bonds. The number of carboxylic acids is 2. The molecule has 0 aliphatic heterocycles. The molecule has 0 saturated carbocycles. The summed E-state index contributed by atoms with van der Waals surface area (Å²) in [7, 11) is 0. The molecule has 5 heteroatoms. The average Bonchev–Trinajstić information content (AvgIpc) is 2.38. The van der Waals surface area contributed by atoms with Crippen LogP contribution in [0.4, 0.5) is 0 Å². The van der Waals surface area contributed by atoms with Crippen molar-refractivity contribution in [3.8, 4) is 11.1 Å². The van der Waals surface area contributed by atoms with Crippen LogP contribution in [0.15, 0.2) is 48.5 Å². The van der Waals surface area contributed by atoms with Crippen LogP contribution in [0.5, 0.6) is 0 Å². The van der Waals surface area contributed by atoms with Crippen LogP contribution >= 0.6 is 0 Å². The van der Waals surface area contributed by atoms with Gasteiger partial charge in [-0.3, -0.25) is 0 Å². The van der Waals surface area contributed by atoms with Gasteiger partial charge in [-0.2, -0.15) is 0 Å². The van der Waals surface area contributed by atoms with Gasteiger partial charge in [-0.25, -0.2) is 9.59 Å². The summed E-state index contributed by atoms with van der Waals surface area (Å²) in [5.41, 5.74) is 0.695. The van der Waals surface area contributed by atoms with Crippen LogP contribution in [-0.4, -0.2) is 22.2 Å². The van der Waals surface area contributed by atoms with Gasteiger partial charge in [-0.05, 0) is 17.2 Å². The number of hydrogen-bond donors (Lipinski definition) is 2. The molecule has 2 aromatic rings. The maximum Gasteiger partial charge on any atom is 0.337 e. The first kappa shape index (κ1) is 15.1. The van der Waals surface area contributed by atoms with Gasteiger partial charge in [0.15, 0.2) is 0 Å². The van der Waals surface area contributed by atoms with E-state index in [2.05, 4.69) is 0 Å². The predicted octanol–water partition coefficient (Wildman–Crippen LogP) is 2.75. The van der Waals surface area contributed by atoms with Crippen molar-refractivity contribution in [1.82, 2.24) is 0 Å². The van der Waals surface area contributed by atoms with Gasteiger partial charge >= 0.3 is 11.9 Å². The van der Waals surface area contributed by atoms with Crippen LogP contribution in [0.25, 0.3) is 11.1 Å². The van der Waals surface area contributed by atoms with Crippen molar-refractivity contribution in [2.45, 2.75) is 0 Å². The van der Waals surface area contributed by atoms with Crippen LogP contribution in [0.3, 0.4) is 0 Å². The summed E-state index contributed by atoms with van der Waals surface area (Å²) in [5.74, 6) is -2.49. The Balaban J connectivity index is 0.00000180. The van der Waals surface area contributed by atoms with E-state index in [1.54, 1.807) is 30.3 Å². The van der Waals surface area contributed by atoms with Crippen molar-refractivity contribution in [3.63, 3.8) is 0 Å². The normalized spacial score (nSPS) is 9.47. The molecule has 4 nitrogen and oxygen atoms in total. The monoisotopic (exact) mass is 426 g/mol. The third-order valence-corrected chi connectivity index (χ3v) is 2.59. The summed E-state index contributed by atoms with van der Waals surface area (Å²) < 4.78 is 0. The van der Waals surface area contributed by atoms with E-state index >= 15 is 0 Å². The van der Waals surface area contributed by atoms with Crippen molar-refractivity contribution < 1.29 is 40.9 Å². The maximum absolute atomic E-state index is 11.3. The van der Waals surface area contributed by atoms with Crippen molar-refractivity contribution in [3.05, 3.63) is 59.7 Å². The topological polar surface area (TPSA) is 74.6 Å². The van der Waals surface area contributed by atoms with Gasteiger partial charge in [-0.1, -0.05) is 42.5 Å². The number of benzene rings is 2. The minimum atomic E-state index is -1.25. The smallest absolute Gasteiger partial charge is 0.337 e. The van der Waals surface area contributed by atoms with Crippen molar-refractivity contribution >= 4 is 11.9 Å². The van der Waals surface area contributed by atoms with E-state index < -0.39 is 11.9 Å². The van der Waals surface area contributed by atoms with Crippen LogP contribution in [-0.2, 0) is 21.1 Å². The summed E-state index contributed by atoms with van der Waals surface area (Å²) in [5, 5.41) is 18.2. The van der Waals surface area contributed by atoms with E-state index in [1.807, 2.05) is 6.07 Å². The van der Waals surface area contributed by atoms with Gasteiger partial charge in [0.2, 0.25) is 0 Å². The van der Waals surface area contributed by atoms with E-state index in [-0.39, 0.29) is 32.2 Å². The summed E-state index contributed by atoms with van der Waals surface area (Å²) in [6.45, 7) is 0.